The topological polar surface area (TPSA) is 92.6 Å². The molecule has 0 saturated carbocycles. The maximum atomic E-state index is 12.7. The van der Waals surface area contributed by atoms with Crippen LogP contribution >= 0.6 is 0 Å². The lowest BCUT2D eigenvalue weighted by Crippen LogP contribution is -2.50. The lowest BCUT2D eigenvalue weighted by atomic mass is 10.2. The Morgan fingerprint density at radius 2 is 2.10 bits per heavy atom. The molecule has 1 aliphatic heterocycles. The van der Waals surface area contributed by atoms with E-state index >= 15 is 0 Å². The minimum atomic E-state index is -3.65. The fourth-order valence-electron chi connectivity index (χ4n) is 2.43. The summed E-state index contributed by atoms with van der Waals surface area (Å²) in [5.74, 6) is -0.604. The molecule has 0 radical (unpaired) electrons. The number of aromatic nitrogens is 1. The molecule has 0 bridgehead atoms. The molecule has 1 saturated heterocycles. The van der Waals surface area contributed by atoms with Crippen molar-refractivity contribution in [2.45, 2.75) is 30.9 Å². The summed E-state index contributed by atoms with van der Waals surface area (Å²) in [6.07, 6.45) is -0.148. The number of H-pyrrole nitrogens is 1. The number of aromatic amines is 1. The largest absolute Gasteiger partial charge is 0.417 e. The van der Waals surface area contributed by atoms with E-state index in [0.717, 1.165) is 0 Å². The zero-order valence-electron chi connectivity index (χ0n) is 11.7. The highest BCUT2D eigenvalue weighted by Gasteiger charge is 2.34. The van der Waals surface area contributed by atoms with Gasteiger partial charge in [0.05, 0.1) is 23.1 Å². The fourth-order valence-corrected chi connectivity index (χ4v) is 4.14. The van der Waals surface area contributed by atoms with E-state index in [0.29, 0.717) is 18.7 Å². The molecule has 3 rings (SSSR count). The van der Waals surface area contributed by atoms with Gasteiger partial charge in [-0.15, -0.1) is 0 Å². The number of nitrogens with zero attached hydrogens (tertiary/aromatic N) is 1. The molecule has 1 aliphatic rings. The van der Waals surface area contributed by atoms with E-state index in [-0.39, 0.29) is 22.6 Å². The predicted octanol–water partition coefficient (Wildman–Crippen LogP) is 0.919. The van der Waals surface area contributed by atoms with E-state index in [1.807, 2.05) is 6.92 Å². The second-order valence-corrected chi connectivity index (χ2v) is 7.13. The van der Waals surface area contributed by atoms with Gasteiger partial charge in [0.25, 0.3) is 0 Å². The minimum absolute atomic E-state index is 0.110. The van der Waals surface area contributed by atoms with Crippen LogP contribution in [0.15, 0.2) is 32.3 Å². The molecular weight excluding hydrogens is 296 g/mol. The number of nitrogens with one attached hydrogen (secondary N) is 1. The third-order valence-electron chi connectivity index (χ3n) is 3.55. The molecule has 2 atom stereocenters. The van der Waals surface area contributed by atoms with E-state index in [1.165, 1.54) is 22.5 Å². The van der Waals surface area contributed by atoms with Gasteiger partial charge in [-0.1, -0.05) is 0 Å². The summed E-state index contributed by atoms with van der Waals surface area (Å²) >= 11 is 0. The average Bonchev–Trinajstić information content (AvgIpc) is 2.80. The van der Waals surface area contributed by atoms with Crippen LogP contribution < -0.4 is 5.76 Å². The van der Waals surface area contributed by atoms with E-state index < -0.39 is 15.8 Å². The first-order valence-corrected chi connectivity index (χ1v) is 8.08. The molecule has 0 spiro atoms. The number of sulfonamides is 1. The molecule has 2 heterocycles. The normalized spacial score (nSPS) is 24.5. The molecule has 0 amide bonds. The maximum Gasteiger partial charge on any atom is 0.417 e. The summed E-state index contributed by atoms with van der Waals surface area (Å²) in [6.45, 7) is 4.31. The van der Waals surface area contributed by atoms with Crippen LogP contribution in [0.3, 0.4) is 0 Å². The number of fused-ring (bicyclic) bond motifs is 1. The Morgan fingerprint density at radius 3 is 2.86 bits per heavy atom. The van der Waals surface area contributed by atoms with Gasteiger partial charge in [0.15, 0.2) is 5.58 Å². The van der Waals surface area contributed by atoms with Crippen molar-refractivity contribution < 1.29 is 17.6 Å². The summed E-state index contributed by atoms with van der Waals surface area (Å²) < 4.78 is 37.3. The van der Waals surface area contributed by atoms with Crippen molar-refractivity contribution in [1.29, 1.82) is 0 Å². The Labute approximate surface area is 121 Å². The quantitative estimate of drug-likeness (QED) is 0.890. The first-order valence-electron chi connectivity index (χ1n) is 6.64. The van der Waals surface area contributed by atoms with Crippen LogP contribution in [0, 0.1) is 0 Å². The Bertz CT molecular complexity index is 822. The lowest BCUT2D eigenvalue weighted by Gasteiger charge is -2.35. The Hall–Kier alpha value is -1.64. The van der Waals surface area contributed by atoms with Crippen molar-refractivity contribution in [2.75, 3.05) is 13.2 Å². The van der Waals surface area contributed by atoms with E-state index in [4.69, 9.17) is 9.15 Å². The average molecular weight is 312 g/mol. The summed E-state index contributed by atoms with van der Waals surface area (Å²) in [5, 5.41) is 0. The number of oxazole rings is 1. The standard InChI is InChI=1S/C13H16N2O5S/c1-8-7-19-9(2)6-15(8)21(17,18)10-3-4-11-12(5-10)20-13(16)14-11/h3-5,8-9H,6-7H2,1-2H3,(H,14,16). The molecular formula is C13H16N2O5S. The van der Waals surface area contributed by atoms with Gasteiger partial charge in [0, 0.05) is 18.7 Å². The number of morpholine rings is 1. The van der Waals surface area contributed by atoms with Crippen LogP contribution in [0.1, 0.15) is 13.8 Å². The molecule has 21 heavy (non-hydrogen) atoms. The van der Waals surface area contributed by atoms with Crippen molar-refractivity contribution in [3.05, 3.63) is 28.7 Å². The molecule has 2 unspecified atom stereocenters. The van der Waals surface area contributed by atoms with Crippen LogP contribution in [-0.2, 0) is 14.8 Å². The van der Waals surface area contributed by atoms with Crippen LogP contribution in [-0.4, -0.2) is 43.0 Å². The van der Waals surface area contributed by atoms with Crippen molar-refractivity contribution in [2.24, 2.45) is 0 Å². The van der Waals surface area contributed by atoms with E-state index in [9.17, 15) is 13.2 Å². The molecule has 1 fully saturated rings. The van der Waals surface area contributed by atoms with Gasteiger partial charge in [-0.25, -0.2) is 13.2 Å². The van der Waals surface area contributed by atoms with Gasteiger partial charge in [-0.2, -0.15) is 4.31 Å². The van der Waals surface area contributed by atoms with Gasteiger partial charge in [-0.05, 0) is 26.0 Å². The molecule has 7 nitrogen and oxygen atoms in total. The van der Waals surface area contributed by atoms with E-state index in [1.54, 1.807) is 6.92 Å². The summed E-state index contributed by atoms with van der Waals surface area (Å²) in [4.78, 5) is 13.7. The smallest absolute Gasteiger partial charge is 0.408 e. The zero-order chi connectivity index (χ0) is 15.2. The summed E-state index contributed by atoms with van der Waals surface area (Å²) in [5.41, 5.74) is 0.706. The van der Waals surface area contributed by atoms with Crippen LogP contribution in [0.5, 0.6) is 0 Å². The molecule has 0 aliphatic carbocycles. The minimum Gasteiger partial charge on any atom is -0.408 e. The highest BCUT2D eigenvalue weighted by Crippen LogP contribution is 2.24. The summed E-state index contributed by atoms with van der Waals surface area (Å²) in [6, 6.07) is 4.13. The number of rotatable bonds is 2. The first kappa shape index (κ1) is 14.3. The van der Waals surface area contributed by atoms with Gasteiger partial charge in [0.2, 0.25) is 10.0 Å². The predicted molar refractivity (Wildman–Crippen MR) is 75.6 cm³/mol. The first-order chi connectivity index (χ1) is 9.88. The van der Waals surface area contributed by atoms with Gasteiger partial charge in [-0.3, -0.25) is 4.98 Å². The Kier molecular flexibility index (Phi) is 3.39. The molecule has 114 valence electrons. The monoisotopic (exact) mass is 312 g/mol. The number of hydrogen-bond donors (Lipinski definition) is 1. The summed E-state index contributed by atoms with van der Waals surface area (Å²) in [7, 11) is -3.65. The lowest BCUT2D eigenvalue weighted by molar-refractivity contribution is -0.0170. The molecule has 1 aromatic heterocycles. The van der Waals surface area contributed by atoms with Crippen LogP contribution in [0.2, 0.25) is 0 Å². The third-order valence-corrected chi connectivity index (χ3v) is 5.53. The second kappa shape index (κ2) is 4.97. The number of ether oxygens (including phenoxy) is 1. The van der Waals surface area contributed by atoms with Crippen molar-refractivity contribution in [3.63, 3.8) is 0 Å². The Morgan fingerprint density at radius 1 is 1.33 bits per heavy atom. The fraction of sp³-hybridized carbons (Fsp3) is 0.462. The molecule has 8 heteroatoms. The molecule has 1 N–H and O–H groups in total. The van der Waals surface area contributed by atoms with Crippen LogP contribution in [0.4, 0.5) is 0 Å². The second-order valence-electron chi connectivity index (χ2n) is 5.24. The maximum absolute atomic E-state index is 12.7. The third kappa shape index (κ3) is 2.50. The highest BCUT2D eigenvalue weighted by molar-refractivity contribution is 7.89. The van der Waals surface area contributed by atoms with Gasteiger partial charge < -0.3 is 9.15 Å². The van der Waals surface area contributed by atoms with Crippen LogP contribution in [0.25, 0.3) is 11.1 Å². The highest BCUT2D eigenvalue weighted by atomic mass is 32.2. The van der Waals surface area contributed by atoms with Crippen molar-refractivity contribution in [3.8, 4) is 0 Å². The molecule has 2 aromatic rings. The number of benzene rings is 1. The zero-order valence-corrected chi connectivity index (χ0v) is 12.5. The number of hydrogen-bond acceptors (Lipinski definition) is 5. The van der Waals surface area contributed by atoms with Gasteiger partial charge in [0.1, 0.15) is 0 Å². The van der Waals surface area contributed by atoms with Crippen molar-refractivity contribution in [1.82, 2.24) is 9.29 Å². The Balaban J connectivity index is 2.04. The van der Waals surface area contributed by atoms with Gasteiger partial charge >= 0.3 is 5.76 Å². The van der Waals surface area contributed by atoms with Crippen molar-refractivity contribution >= 4 is 21.1 Å². The molecule has 1 aromatic carbocycles. The SMILES string of the molecule is CC1CN(S(=O)(=O)c2ccc3[nH]c(=O)oc3c2)C(C)CO1. The van der Waals surface area contributed by atoms with E-state index in [2.05, 4.69) is 4.98 Å².